The summed E-state index contributed by atoms with van der Waals surface area (Å²) in [5.74, 6) is -0.842. The van der Waals surface area contributed by atoms with Crippen molar-refractivity contribution in [2.24, 2.45) is 0 Å². The van der Waals surface area contributed by atoms with Gasteiger partial charge in [-0.2, -0.15) is 0 Å². The Kier molecular flexibility index (Phi) is 4.53. The molecule has 2 bridgehead atoms. The number of sulfonamides is 1. The van der Waals surface area contributed by atoms with E-state index in [9.17, 15) is 27.7 Å². The van der Waals surface area contributed by atoms with E-state index in [-0.39, 0.29) is 5.56 Å². The molecule has 2 saturated heterocycles. The number of H-pyrrole nitrogens is 1. The SMILES string of the molecule is Cc1cn([C@@H]2O[C@@]3(COP(=O)(O)O)CS(=O)(=O)N[C@@H]2[C@@H]3O)c(=O)[nH]c1=O. The summed E-state index contributed by atoms with van der Waals surface area (Å²) in [7, 11) is -8.98. The monoisotopic (exact) mass is 413 g/mol. The van der Waals surface area contributed by atoms with Gasteiger partial charge in [0.1, 0.15) is 11.7 Å². The van der Waals surface area contributed by atoms with E-state index >= 15 is 0 Å². The van der Waals surface area contributed by atoms with Crippen molar-refractivity contribution in [2.45, 2.75) is 30.9 Å². The van der Waals surface area contributed by atoms with Gasteiger partial charge in [0.2, 0.25) is 10.0 Å². The Morgan fingerprint density at radius 1 is 1.46 bits per heavy atom. The van der Waals surface area contributed by atoms with Crippen LogP contribution in [0, 0.1) is 6.92 Å². The lowest BCUT2D eigenvalue weighted by Crippen LogP contribution is -2.61. The van der Waals surface area contributed by atoms with Gasteiger partial charge in [0.25, 0.3) is 5.56 Å². The van der Waals surface area contributed by atoms with Crippen LogP contribution in [0.1, 0.15) is 11.8 Å². The van der Waals surface area contributed by atoms with E-state index in [1.54, 1.807) is 0 Å². The van der Waals surface area contributed by atoms with Crippen molar-refractivity contribution < 1.29 is 37.1 Å². The standard InChI is InChI=1S/C11H16N3O10PS/c1-5-2-14(10(17)12-8(5)16)9-6-7(15)11(24-9,3-23-25(18,19)20)4-26(21,22)13-6/h2,6-7,9,13,15H,3-4H2,1H3,(H,12,16,17)(H2,18,19,20)/t6-,7+,9-,11+/m1/s1. The zero-order chi connectivity index (χ0) is 19.5. The number of fused-ring (bicyclic) bond motifs is 2. The second kappa shape index (κ2) is 6.07. The quantitative estimate of drug-likeness (QED) is 0.315. The van der Waals surface area contributed by atoms with Crippen LogP contribution in [0.3, 0.4) is 0 Å². The van der Waals surface area contributed by atoms with Crippen LogP contribution in [0.2, 0.25) is 0 Å². The number of hydrogen-bond acceptors (Lipinski definition) is 8. The number of rotatable bonds is 4. The maximum absolute atomic E-state index is 12.1. The van der Waals surface area contributed by atoms with E-state index in [1.807, 2.05) is 4.98 Å². The van der Waals surface area contributed by atoms with E-state index in [0.29, 0.717) is 0 Å². The van der Waals surface area contributed by atoms with Gasteiger partial charge in [-0.05, 0) is 6.92 Å². The summed E-state index contributed by atoms with van der Waals surface area (Å²) in [6, 6.07) is -1.34. The molecule has 2 aliphatic heterocycles. The lowest BCUT2D eigenvalue weighted by atomic mass is 9.97. The van der Waals surface area contributed by atoms with Gasteiger partial charge in [0, 0.05) is 11.8 Å². The predicted octanol–water partition coefficient (Wildman–Crippen LogP) is -3.12. The molecule has 0 amide bonds. The third kappa shape index (κ3) is 3.42. The number of aromatic nitrogens is 2. The minimum Gasteiger partial charge on any atom is -0.388 e. The molecule has 15 heteroatoms. The van der Waals surface area contributed by atoms with Crippen molar-refractivity contribution in [3.05, 3.63) is 32.6 Å². The summed E-state index contributed by atoms with van der Waals surface area (Å²) < 4.78 is 48.1. The van der Waals surface area contributed by atoms with E-state index in [2.05, 4.69) is 9.25 Å². The first kappa shape index (κ1) is 19.4. The van der Waals surface area contributed by atoms with Crippen LogP contribution in [-0.4, -0.2) is 63.0 Å². The molecule has 146 valence electrons. The summed E-state index contributed by atoms with van der Waals surface area (Å²) >= 11 is 0. The highest BCUT2D eigenvalue weighted by atomic mass is 32.2. The van der Waals surface area contributed by atoms with Crippen molar-refractivity contribution >= 4 is 17.8 Å². The Balaban J connectivity index is 2.06. The van der Waals surface area contributed by atoms with Gasteiger partial charge in [-0.25, -0.2) is 22.5 Å². The highest BCUT2D eigenvalue weighted by molar-refractivity contribution is 7.89. The molecule has 3 rings (SSSR count). The molecule has 3 heterocycles. The van der Waals surface area contributed by atoms with Gasteiger partial charge < -0.3 is 19.6 Å². The third-order valence-corrected chi connectivity index (χ3v) is 6.15. The third-order valence-electron chi connectivity index (χ3n) is 4.19. The topological polar surface area (TPSA) is 197 Å². The Morgan fingerprint density at radius 3 is 2.73 bits per heavy atom. The van der Waals surface area contributed by atoms with Gasteiger partial charge in [-0.15, -0.1) is 0 Å². The van der Waals surface area contributed by atoms with Crippen molar-refractivity contribution in [1.82, 2.24) is 14.3 Å². The number of nitrogens with one attached hydrogen (secondary N) is 2. The highest BCUT2D eigenvalue weighted by Gasteiger charge is 2.62. The normalized spacial score (nSPS) is 33.3. The average Bonchev–Trinajstić information content (AvgIpc) is 2.66. The minimum atomic E-state index is -4.98. The number of hydrogen-bond donors (Lipinski definition) is 5. The molecule has 0 spiro atoms. The summed E-state index contributed by atoms with van der Waals surface area (Å²) in [5.41, 5.74) is -3.43. The van der Waals surface area contributed by atoms with E-state index in [4.69, 9.17) is 14.5 Å². The second-order valence-corrected chi connectivity index (χ2v) is 9.16. The van der Waals surface area contributed by atoms with Crippen molar-refractivity contribution in [3.63, 3.8) is 0 Å². The summed E-state index contributed by atoms with van der Waals surface area (Å²) in [6.45, 7) is 0.479. The van der Waals surface area contributed by atoms with Crippen LogP contribution in [0.25, 0.3) is 0 Å². The van der Waals surface area contributed by atoms with E-state index in [0.717, 1.165) is 10.8 Å². The van der Waals surface area contributed by atoms with Crippen LogP contribution in [-0.2, 0) is 23.8 Å². The molecule has 2 fully saturated rings. The van der Waals surface area contributed by atoms with Crippen molar-refractivity contribution in [1.29, 1.82) is 0 Å². The van der Waals surface area contributed by atoms with Crippen LogP contribution in [0.15, 0.2) is 15.8 Å². The lowest BCUT2D eigenvalue weighted by molar-refractivity contribution is -0.112. The molecule has 1 aromatic rings. The van der Waals surface area contributed by atoms with Crippen molar-refractivity contribution in [2.75, 3.05) is 12.4 Å². The molecule has 0 aliphatic carbocycles. The molecule has 1 aromatic heterocycles. The second-order valence-electron chi connectivity index (χ2n) is 6.16. The first-order chi connectivity index (χ1) is 11.8. The van der Waals surface area contributed by atoms with E-state index in [1.165, 1.54) is 6.92 Å². The minimum absolute atomic E-state index is 0.132. The molecular formula is C11H16N3O10PS. The number of aliphatic hydroxyl groups is 1. The zero-order valence-electron chi connectivity index (χ0n) is 13.2. The fourth-order valence-electron chi connectivity index (χ4n) is 3.04. The molecule has 4 atom stereocenters. The molecule has 0 unspecified atom stereocenters. The lowest BCUT2D eigenvalue weighted by Gasteiger charge is -2.35. The molecule has 0 radical (unpaired) electrons. The summed E-state index contributed by atoms with van der Waals surface area (Å²) in [4.78, 5) is 43.3. The highest BCUT2D eigenvalue weighted by Crippen LogP contribution is 2.45. The molecule has 0 aromatic carbocycles. The first-order valence-electron chi connectivity index (χ1n) is 7.22. The van der Waals surface area contributed by atoms with Gasteiger partial charge in [0.15, 0.2) is 6.23 Å². The first-order valence-corrected chi connectivity index (χ1v) is 10.4. The number of aliphatic hydroxyl groups excluding tert-OH is 1. The fourth-order valence-corrected chi connectivity index (χ4v) is 5.13. The maximum Gasteiger partial charge on any atom is 0.469 e. The maximum atomic E-state index is 12.1. The molecular weight excluding hydrogens is 397 g/mol. The van der Waals surface area contributed by atoms with Gasteiger partial charge in [-0.3, -0.25) is 18.9 Å². The number of phosphoric ester groups is 1. The largest absolute Gasteiger partial charge is 0.469 e. The number of ether oxygens (including phenoxy) is 1. The van der Waals surface area contributed by atoms with Crippen LogP contribution in [0.5, 0.6) is 0 Å². The number of aryl methyl sites for hydroxylation is 1. The Hall–Kier alpha value is -1.38. The zero-order valence-corrected chi connectivity index (χ0v) is 14.9. The Labute approximate surface area is 145 Å². The number of nitrogens with zero attached hydrogens (tertiary/aromatic N) is 1. The summed E-state index contributed by atoms with van der Waals surface area (Å²) in [5, 5.41) is 10.5. The Bertz CT molecular complexity index is 996. The predicted molar refractivity (Wildman–Crippen MR) is 83.6 cm³/mol. The Morgan fingerprint density at radius 2 is 2.12 bits per heavy atom. The average molecular weight is 413 g/mol. The van der Waals surface area contributed by atoms with Crippen LogP contribution in [0.4, 0.5) is 0 Å². The molecule has 0 saturated carbocycles. The summed E-state index contributed by atoms with van der Waals surface area (Å²) in [6.07, 6.45) is -1.81. The van der Waals surface area contributed by atoms with Crippen LogP contribution >= 0.6 is 7.82 Å². The van der Waals surface area contributed by atoms with Crippen molar-refractivity contribution in [3.8, 4) is 0 Å². The van der Waals surface area contributed by atoms with E-state index < -0.39 is 65.4 Å². The number of phosphoric acid groups is 1. The molecule has 5 N–H and O–H groups in total. The van der Waals surface area contributed by atoms with Gasteiger partial charge >= 0.3 is 13.5 Å². The molecule has 2 aliphatic rings. The van der Waals surface area contributed by atoms with Crippen LogP contribution < -0.4 is 16.0 Å². The number of aromatic amines is 1. The smallest absolute Gasteiger partial charge is 0.388 e. The fraction of sp³-hybridized carbons (Fsp3) is 0.636. The molecule has 13 nitrogen and oxygen atoms in total. The van der Waals surface area contributed by atoms with Gasteiger partial charge in [0.05, 0.1) is 18.4 Å². The van der Waals surface area contributed by atoms with Gasteiger partial charge in [-0.1, -0.05) is 0 Å². The molecule has 26 heavy (non-hydrogen) atoms.